The lowest BCUT2D eigenvalue weighted by Gasteiger charge is -2.26. The maximum atomic E-state index is 12.6. The number of hydrogen-bond acceptors (Lipinski definition) is 4. The Hall–Kier alpha value is -4.15. The molecule has 3 aliphatic rings. The standard InChI is InChI=1S/C21H24O2.C21H24O.C5H10O.CH4/c1-13-11-15-16(19(13)22)12-17(21(2,3)4)20(23-5)18(15)14-9-7-6-8-10-14;1-14-11-16-13-18(21(2,3)4)20(22-5)19(17(16)12-14)15-9-7-6-8-10-15;1-5-3-2-4-6-5;/h6-10,12-13H,11H2,1-5H3;6-11,13H,12H2,1-5H3;5H,2-4H2,1H3;1H4. The van der Waals surface area contributed by atoms with E-state index in [1.165, 1.54) is 46.2 Å². The molecule has 4 nitrogen and oxygen atoms in total. The van der Waals surface area contributed by atoms with Crippen molar-refractivity contribution in [1.29, 1.82) is 0 Å². The maximum Gasteiger partial charge on any atom is 0.166 e. The third-order valence-electron chi connectivity index (χ3n) is 10.2. The molecule has 7 rings (SSSR count). The predicted octanol–water partition coefficient (Wildman–Crippen LogP) is 12.5. The average molecular weight is 703 g/mol. The Bertz CT molecular complexity index is 1860. The topological polar surface area (TPSA) is 44.8 Å². The summed E-state index contributed by atoms with van der Waals surface area (Å²) in [4.78, 5) is 12.6. The van der Waals surface area contributed by atoms with Gasteiger partial charge in [0.25, 0.3) is 0 Å². The number of carbonyl (C=O) groups excluding carboxylic acids is 1. The second-order valence-electron chi connectivity index (χ2n) is 16.5. The van der Waals surface area contributed by atoms with E-state index in [0.717, 1.165) is 58.8 Å². The fourth-order valence-corrected chi connectivity index (χ4v) is 7.54. The molecule has 0 amide bonds. The summed E-state index contributed by atoms with van der Waals surface area (Å²) in [6.07, 6.45) is 7.20. The van der Waals surface area contributed by atoms with E-state index in [0.29, 0.717) is 6.10 Å². The van der Waals surface area contributed by atoms with Crippen LogP contribution in [0.1, 0.15) is 121 Å². The van der Waals surface area contributed by atoms with E-state index in [1.807, 2.05) is 25.1 Å². The molecule has 4 heteroatoms. The lowest BCUT2D eigenvalue weighted by atomic mass is 9.81. The summed E-state index contributed by atoms with van der Waals surface area (Å²) in [6.45, 7) is 20.6. The van der Waals surface area contributed by atoms with Crippen LogP contribution in [0.2, 0.25) is 0 Å². The molecule has 0 bridgehead atoms. The molecule has 4 aromatic carbocycles. The number of allylic oxidation sites excluding steroid dienone is 1. The first-order chi connectivity index (χ1) is 24.1. The predicted molar refractivity (Wildman–Crippen MR) is 220 cm³/mol. The Morgan fingerprint density at radius 2 is 1.23 bits per heavy atom. The molecule has 4 aromatic rings. The summed E-state index contributed by atoms with van der Waals surface area (Å²) in [6, 6.07) is 25.3. The minimum atomic E-state index is -0.0873. The first-order valence-electron chi connectivity index (χ1n) is 18.6. The van der Waals surface area contributed by atoms with E-state index in [2.05, 4.69) is 116 Å². The molecule has 1 aliphatic heterocycles. The van der Waals surface area contributed by atoms with Gasteiger partial charge in [0.2, 0.25) is 0 Å². The van der Waals surface area contributed by atoms with Crippen molar-refractivity contribution in [2.24, 2.45) is 5.92 Å². The summed E-state index contributed by atoms with van der Waals surface area (Å²) < 4.78 is 16.9. The van der Waals surface area contributed by atoms with Crippen molar-refractivity contribution in [3.8, 4) is 33.8 Å². The van der Waals surface area contributed by atoms with Crippen LogP contribution < -0.4 is 9.47 Å². The highest BCUT2D eigenvalue weighted by Crippen LogP contribution is 2.47. The Kier molecular flexibility index (Phi) is 13.0. The van der Waals surface area contributed by atoms with Crippen LogP contribution in [-0.2, 0) is 28.4 Å². The second kappa shape index (κ2) is 16.7. The first-order valence-corrected chi connectivity index (χ1v) is 18.6. The lowest BCUT2D eigenvalue weighted by molar-refractivity contribution is 0.0946. The van der Waals surface area contributed by atoms with E-state index in [9.17, 15) is 4.79 Å². The van der Waals surface area contributed by atoms with Crippen LogP contribution >= 0.6 is 0 Å². The van der Waals surface area contributed by atoms with Gasteiger partial charge in [-0.25, -0.2) is 0 Å². The zero-order chi connectivity index (χ0) is 37.1. The zero-order valence-corrected chi connectivity index (χ0v) is 32.8. The highest BCUT2D eigenvalue weighted by Gasteiger charge is 2.35. The molecule has 0 radical (unpaired) electrons. The van der Waals surface area contributed by atoms with Gasteiger partial charge in [0, 0.05) is 40.3 Å². The number of rotatable bonds is 4. The van der Waals surface area contributed by atoms with Gasteiger partial charge in [-0.3, -0.25) is 4.79 Å². The summed E-state index contributed by atoms with van der Waals surface area (Å²) in [5.41, 5.74) is 13.2. The smallest absolute Gasteiger partial charge is 0.166 e. The molecule has 2 aliphatic carbocycles. The van der Waals surface area contributed by atoms with Crippen molar-refractivity contribution < 1.29 is 19.0 Å². The first kappa shape index (κ1) is 40.6. The molecule has 1 saturated heterocycles. The van der Waals surface area contributed by atoms with Crippen LogP contribution in [-0.4, -0.2) is 32.7 Å². The van der Waals surface area contributed by atoms with Crippen LogP contribution in [0, 0.1) is 5.92 Å². The Balaban J connectivity index is 0.000000197. The Labute approximate surface area is 314 Å². The minimum absolute atomic E-state index is 0. The number of benzene rings is 4. The second-order valence-corrected chi connectivity index (χ2v) is 16.5. The molecule has 52 heavy (non-hydrogen) atoms. The van der Waals surface area contributed by atoms with Gasteiger partial charge >= 0.3 is 0 Å². The van der Waals surface area contributed by atoms with Crippen molar-refractivity contribution in [3.05, 3.63) is 112 Å². The lowest BCUT2D eigenvalue weighted by Crippen LogP contribution is -2.15. The van der Waals surface area contributed by atoms with Crippen LogP contribution in [0.15, 0.2) is 78.4 Å². The summed E-state index contributed by atoms with van der Waals surface area (Å²) in [5, 5.41) is 0. The zero-order valence-electron chi connectivity index (χ0n) is 32.8. The minimum Gasteiger partial charge on any atom is -0.496 e. The largest absolute Gasteiger partial charge is 0.496 e. The fourth-order valence-electron chi connectivity index (χ4n) is 7.54. The van der Waals surface area contributed by atoms with Gasteiger partial charge in [-0.1, -0.05) is 128 Å². The molecule has 1 heterocycles. The molecular formula is C48H62O4. The molecule has 0 N–H and O–H groups in total. The number of fused-ring (bicyclic) bond motifs is 2. The van der Waals surface area contributed by atoms with Gasteiger partial charge in [-0.05, 0) is 90.3 Å². The van der Waals surface area contributed by atoms with Crippen LogP contribution in [0.25, 0.3) is 28.3 Å². The molecular weight excluding hydrogens is 641 g/mol. The number of hydrogen-bond donors (Lipinski definition) is 0. The third kappa shape index (κ3) is 8.72. The Morgan fingerprint density at radius 3 is 1.65 bits per heavy atom. The van der Waals surface area contributed by atoms with Gasteiger partial charge in [0.05, 0.1) is 20.3 Å². The molecule has 2 atom stereocenters. The van der Waals surface area contributed by atoms with Gasteiger partial charge in [-0.2, -0.15) is 0 Å². The van der Waals surface area contributed by atoms with Crippen LogP contribution in [0.5, 0.6) is 11.5 Å². The summed E-state index contributed by atoms with van der Waals surface area (Å²) in [7, 11) is 3.52. The van der Waals surface area contributed by atoms with Crippen LogP contribution in [0.3, 0.4) is 0 Å². The van der Waals surface area contributed by atoms with Gasteiger partial charge in [0.1, 0.15) is 11.5 Å². The number of carbonyl (C=O) groups is 1. The number of ketones is 1. The number of ether oxygens (including phenoxy) is 3. The number of Topliss-reactive ketones (excluding diaryl/α,β-unsaturated/α-hetero) is 1. The fraction of sp³-hybridized carbons (Fsp3) is 0.438. The monoisotopic (exact) mass is 702 g/mol. The van der Waals surface area contributed by atoms with E-state index < -0.39 is 0 Å². The summed E-state index contributed by atoms with van der Waals surface area (Å²) >= 11 is 0. The van der Waals surface area contributed by atoms with E-state index in [-0.39, 0.29) is 30.0 Å². The van der Waals surface area contributed by atoms with Gasteiger partial charge in [0.15, 0.2) is 5.78 Å². The van der Waals surface area contributed by atoms with Crippen molar-refractivity contribution in [2.75, 3.05) is 20.8 Å². The maximum absolute atomic E-state index is 12.6. The van der Waals surface area contributed by atoms with E-state index in [1.54, 1.807) is 14.2 Å². The highest BCUT2D eigenvalue weighted by atomic mass is 16.5. The van der Waals surface area contributed by atoms with Gasteiger partial charge in [-0.15, -0.1) is 0 Å². The van der Waals surface area contributed by atoms with Crippen molar-refractivity contribution in [1.82, 2.24) is 0 Å². The molecule has 0 aromatic heterocycles. The SMILES string of the molecule is C.CC1CCCO1.COc1c(C(C)(C)C)cc2c(c1-c1ccccc1)CC(C)=C2.COc1c(C(C)(C)C)cc2c(c1-c1ccccc1)CC(C)C2=O. The average Bonchev–Trinajstić information content (AvgIpc) is 3.81. The molecule has 0 saturated carbocycles. The van der Waals surface area contributed by atoms with Crippen molar-refractivity contribution in [3.63, 3.8) is 0 Å². The van der Waals surface area contributed by atoms with Crippen LogP contribution in [0.4, 0.5) is 0 Å². The number of methoxy groups -OCH3 is 2. The highest BCUT2D eigenvalue weighted by molar-refractivity contribution is 6.05. The van der Waals surface area contributed by atoms with Crippen molar-refractivity contribution >= 4 is 11.9 Å². The molecule has 0 spiro atoms. The molecule has 278 valence electrons. The van der Waals surface area contributed by atoms with Crippen molar-refractivity contribution in [2.45, 2.75) is 112 Å². The summed E-state index contributed by atoms with van der Waals surface area (Å²) in [5.74, 6) is 2.24. The van der Waals surface area contributed by atoms with Gasteiger partial charge < -0.3 is 14.2 Å². The third-order valence-corrected chi connectivity index (χ3v) is 10.2. The molecule has 2 unspecified atom stereocenters. The quantitative estimate of drug-likeness (QED) is 0.212. The normalized spacial score (nSPS) is 17.4. The molecule has 1 fully saturated rings. The Morgan fingerprint density at radius 1 is 0.731 bits per heavy atom. The van der Waals surface area contributed by atoms with E-state index in [4.69, 9.17) is 14.2 Å². The van der Waals surface area contributed by atoms with E-state index >= 15 is 0 Å².